The monoisotopic (exact) mass is 600 g/mol. The number of carbonyl (C=O) groups excluding carboxylic acids is 2. The molecule has 0 aliphatic carbocycles. The number of ether oxygens (including phenoxy) is 1. The van der Waals surface area contributed by atoms with Gasteiger partial charge in [0.1, 0.15) is 10.8 Å². The number of alkyl halides is 3. The highest BCUT2D eigenvalue weighted by molar-refractivity contribution is 9.10. The molecule has 3 N–H and O–H groups in total. The van der Waals surface area contributed by atoms with Crippen LogP contribution in [0, 0.1) is 6.92 Å². The van der Waals surface area contributed by atoms with Crippen LogP contribution in [0.5, 0.6) is 0 Å². The molecule has 0 radical (unpaired) electrons. The number of thiophene rings is 1. The summed E-state index contributed by atoms with van der Waals surface area (Å²) in [4.78, 5) is 26.1. The van der Waals surface area contributed by atoms with Crippen molar-refractivity contribution in [1.82, 2.24) is 9.78 Å². The van der Waals surface area contributed by atoms with Crippen LogP contribution in [0.15, 0.2) is 34.8 Å². The molecule has 0 fully saturated rings. The first kappa shape index (κ1) is 27.1. The Balaban J connectivity index is 1.67. The molecule has 2 aromatic heterocycles. The molecule has 3 atom stereocenters. The number of aliphatic hydroxyl groups is 1. The lowest BCUT2D eigenvalue weighted by molar-refractivity contribution is -0.173. The van der Waals surface area contributed by atoms with Gasteiger partial charge in [0.25, 0.3) is 5.91 Å². The number of nitrogens with zero attached hydrogens (tertiary/aromatic N) is 2. The second-order valence-electron chi connectivity index (χ2n) is 8.55. The van der Waals surface area contributed by atoms with Crippen molar-refractivity contribution in [3.05, 3.63) is 62.1 Å². The van der Waals surface area contributed by atoms with Crippen LogP contribution >= 0.6 is 27.3 Å². The SMILES string of the molecule is CCOC(=O)c1c(NC(=O)c2cc3n(n2)[C@H](C(F)(F)F)C[C@H](c2ccc(Br)cc2)N3)sc([C@H](C)O)c1C. The third-order valence-electron chi connectivity index (χ3n) is 5.96. The molecule has 1 aromatic carbocycles. The zero-order valence-corrected chi connectivity index (χ0v) is 22.4. The fraction of sp³-hybridized carbons (Fsp3) is 0.375. The van der Waals surface area contributed by atoms with Gasteiger partial charge in [0.2, 0.25) is 0 Å². The first-order chi connectivity index (χ1) is 17.4. The Morgan fingerprint density at radius 2 is 2.03 bits per heavy atom. The van der Waals surface area contributed by atoms with E-state index in [1.54, 1.807) is 38.1 Å². The van der Waals surface area contributed by atoms with Gasteiger partial charge in [0.05, 0.1) is 24.3 Å². The predicted molar refractivity (Wildman–Crippen MR) is 136 cm³/mol. The van der Waals surface area contributed by atoms with Crippen LogP contribution < -0.4 is 10.6 Å². The summed E-state index contributed by atoms with van der Waals surface area (Å²) in [6.45, 7) is 4.88. The number of fused-ring (bicyclic) bond motifs is 1. The number of anilines is 2. The van der Waals surface area contributed by atoms with Crippen molar-refractivity contribution < 1.29 is 32.6 Å². The van der Waals surface area contributed by atoms with Crippen molar-refractivity contribution in [2.45, 2.75) is 51.6 Å². The Bertz CT molecular complexity index is 1320. The van der Waals surface area contributed by atoms with Crippen molar-refractivity contribution in [3.63, 3.8) is 0 Å². The van der Waals surface area contributed by atoms with E-state index < -0.39 is 36.2 Å². The number of hydrogen-bond acceptors (Lipinski definition) is 7. The zero-order valence-electron chi connectivity index (χ0n) is 20.0. The van der Waals surface area contributed by atoms with Gasteiger partial charge in [-0.3, -0.25) is 4.79 Å². The Hall–Kier alpha value is -2.90. The van der Waals surface area contributed by atoms with E-state index in [4.69, 9.17) is 4.74 Å². The Morgan fingerprint density at radius 3 is 2.62 bits per heavy atom. The summed E-state index contributed by atoms with van der Waals surface area (Å²) < 4.78 is 48.7. The number of esters is 1. The van der Waals surface area contributed by atoms with E-state index in [2.05, 4.69) is 31.7 Å². The van der Waals surface area contributed by atoms with E-state index in [0.29, 0.717) is 16.0 Å². The smallest absolute Gasteiger partial charge is 0.410 e. The molecule has 13 heteroatoms. The third kappa shape index (κ3) is 5.53. The molecule has 4 rings (SSSR count). The van der Waals surface area contributed by atoms with Crippen LogP contribution in [-0.2, 0) is 4.74 Å². The molecule has 0 unspecified atom stereocenters. The molecule has 1 amide bonds. The van der Waals surface area contributed by atoms with Crippen molar-refractivity contribution in [3.8, 4) is 0 Å². The van der Waals surface area contributed by atoms with Crippen LogP contribution in [0.4, 0.5) is 24.0 Å². The van der Waals surface area contributed by atoms with Crippen molar-refractivity contribution in [1.29, 1.82) is 0 Å². The maximum atomic E-state index is 14.0. The fourth-order valence-electron chi connectivity index (χ4n) is 4.23. The molecule has 0 saturated carbocycles. The van der Waals surface area contributed by atoms with Gasteiger partial charge in [-0.25, -0.2) is 9.48 Å². The summed E-state index contributed by atoms with van der Waals surface area (Å²) in [5, 5.41) is 19.8. The minimum Gasteiger partial charge on any atom is -0.462 e. The van der Waals surface area contributed by atoms with Crippen molar-refractivity contribution in [2.75, 3.05) is 17.2 Å². The predicted octanol–water partition coefficient (Wildman–Crippen LogP) is 6.16. The van der Waals surface area contributed by atoms with Gasteiger partial charge in [0, 0.05) is 21.8 Å². The van der Waals surface area contributed by atoms with Gasteiger partial charge in [-0.05, 0) is 44.0 Å². The summed E-state index contributed by atoms with van der Waals surface area (Å²) in [5.41, 5.74) is 0.943. The highest BCUT2D eigenvalue weighted by atomic mass is 79.9. The van der Waals surface area contributed by atoms with E-state index in [9.17, 15) is 27.9 Å². The van der Waals surface area contributed by atoms with Crippen LogP contribution in [0.25, 0.3) is 0 Å². The Morgan fingerprint density at radius 1 is 1.35 bits per heavy atom. The zero-order chi connectivity index (χ0) is 27.1. The lowest BCUT2D eigenvalue weighted by atomic mass is 9.97. The molecule has 198 valence electrons. The Labute approximate surface area is 222 Å². The maximum Gasteiger partial charge on any atom is 0.410 e. The standard InChI is InChI=1S/C24H24BrF3N4O4S/c1-4-36-23(35)19-11(2)20(12(3)33)37-22(19)30-21(34)16-10-18-29-15(13-5-7-14(25)8-6-13)9-17(24(26,27)28)32(18)31-16/h5-8,10,12,15,17,29,33H,4,9H2,1-3H3,(H,30,34)/t12-,15+,17-/m0/s1. The van der Waals surface area contributed by atoms with Gasteiger partial charge >= 0.3 is 12.1 Å². The van der Waals surface area contributed by atoms with E-state index >= 15 is 0 Å². The van der Waals surface area contributed by atoms with Gasteiger partial charge in [-0.15, -0.1) is 11.3 Å². The second-order valence-corrected chi connectivity index (χ2v) is 10.5. The van der Waals surface area contributed by atoms with Gasteiger partial charge < -0.3 is 20.5 Å². The molecule has 0 bridgehead atoms. The van der Waals surface area contributed by atoms with E-state index in [1.807, 2.05) is 0 Å². The second kappa shape index (κ2) is 10.5. The van der Waals surface area contributed by atoms with Gasteiger partial charge in [0.15, 0.2) is 11.7 Å². The minimum absolute atomic E-state index is 0.0456. The minimum atomic E-state index is -4.60. The van der Waals surface area contributed by atoms with Crippen LogP contribution in [-0.4, -0.2) is 39.5 Å². The van der Waals surface area contributed by atoms with E-state index in [-0.39, 0.29) is 35.1 Å². The van der Waals surface area contributed by atoms with Crippen LogP contribution in [0.1, 0.15) is 75.3 Å². The molecular formula is C24H24BrF3N4O4S. The fourth-order valence-corrected chi connectivity index (χ4v) is 5.62. The average Bonchev–Trinajstić information content (AvgIpc) is 3.39. The van der Waals surface area contributed by atoms with Crippen molar-refractivity contribution in [2.24, 2.45) is 0 Å². The molecule has 3 heterocycles. The molecular weight excluding hydrogens is 577 g/mol. The Kier molecular flexibility index (Phi) is 7.67. The van der Waals surface area contributed by atoms with Gasteiger partial charge in [-0.2, -0.15) is 18.3 Å². The molecule has 1 aliphatic heterocycles. The number of rotatable bonds is 6. The molecule has 0 saturated heterocycles. The molecule has 37 heavy (non-hydrogen) atoms. The normalized spacial score (nSPS) is 18.1. The summed E-state index contributed by atoms with van der Waals surface area (Å²) in [6.07, 6.45) is -5.82. The number of hydrogen-bond donors (Lipinski definition) is 3. The summed E-state index contributed by atoms with van der Waals surface area (Å²) >= 11 is 4.31. The maximum absolute atomic E-state index is 14.0. The number of nitrogens with one attached hydrogen (secondary N) is 2. The van der Waals surface area contributed by atoms with Crippen molar-refractivity contribution >= 4 is 50.0 Å². The lowest BCUT2D eigenvalue weighted by Crippen LogP contribution is -2.35. The number of aromatic nitrogens is 2. The quantitative estimate of drug-likeness (QED) is 0.293. The first-order valence-corrected chi connectivity index (χ1v) is 13.0. The van der Waals surface area contributed by atoms with Gasteiger partial charge in [-0.1, -0.05) is 28.1 Å². The summed E-state index contributed by atoms with van der Waals surface area (Å²) in [7, 11) is 0. The third-order valence-corrected chi connectivity index (χ3v) is 7.87. The molecule has 0 spiro atoms. The number of aliphatic hydroxyl groups excluding tert-OH is 1. The van der Waals surface area contributed by atoms with E-state index in [1.165, 1.54) is 13.0 Å². The first-order valence-electron chi connectivity index (χ1n) is 11.4. The van der Waals surface area contributed by atoms with E-state index in [0.717, 1.165) is 20.5 Å². The molecule has 1 aliphatic rings. The van der Waals surface area contributed by atoms with Crippen LogP contribution in [0.2, 0.25) is 0 Å². The number of benzene rings is 1. The number of amides is 1. The number of carbonyl (C=O) groups is 2. The highest BCUT2D eigenvalue weighted by Crippen LogP contribution is 2.44. The summed E-state index contributed by atoms with van der Waals surface area (Å²) in [5.74, 6) is -1.43. The van der Waals surface area contributed by atoms with Crippen LogP contribution in [0.3, 0.4) is 0 Å². The summed E-state index contributed by atoms with van der Waals surface area (Å²) in [6, 6.07) is 5.60. The lowest BCUT2D eigenvalue weighted by Gasteiger charge is -2.33. The molecule has 8 nitrogen and oxygen atoms in total. The highest BCUT2D eigenvalue weighted by Gasteiger charge is 2.47. The molecule has 3 aromatic rings. The average molecular weight is 601 g/mol. The topological polar surface area (TPSA) is 105 Å². The number of halogens is 4. The largest absolute Gasteiger partial charge is 0.462 e.